The zero-order valence-corrected chi connectivity index (χ0v) is 27.7. The fraction of sp³-hybridized carbons (Fsp3) is 0.618. The summed E-state index contributed by atoms with van der Waals surface area (Å²) < 4.78 is 20.8. The lowest BCUT2D eigenvalue weighted by Crippen LogP contribution is -2.40. The Labute approximate surface area is 258 Å². The summed E-state index contributed by atoms with van der Waals surface area (Å²) in [5, 5.41) is 24.1. The number of likely N-dealkylation sites (N-methyl/N-ethyl adjacent to an activating group) is 1. The number of carbonyl (C=O) groups is 1. The van der Waals surface area contributed by atoms with Crippen molar-refractivity contribution in [2.45, 2.75) is 99.4 Å². The molecule has 0 spiro atoms. The van der Waals surface area contributed by atoms with Crippen molar-refractivity contribution in [3.63, 3.8) is 0 Å². The van der Waals surface area contributed by atoms with Crippen LogP contribution in [0.4, 0.5) is 4.39 Å². The number of carbonyl (C=O) groups excluding carboxylic acids is 1. The maximum absolute atomic E-state index is 14.6. The van der Waals surface area contributed by atoms with Gasteiger partial charge < -0.3 is 20.3 Å². The fourth-order valence-electron chi connectivity index (χ4n) is 5.26. The number of nitrogens with zero attached hydrogens (tertiary/aromatic N) is 3. The average molecular weight is 597 g/mol. The minimum absolute atomic E-state index is 0.0369. The molecule has 2 aliphatic heterocycles. The van der Waals surface area contributed by atoms with Crippen molar-refractivity contribution in [2.75, 3.05) is 20.1 Å². The molecule has 2 heterocycles. The number of ether oxygens (including phenoxy) is 1. The lowest BCUT2D eigenvalue weighted by Gasteiger charge is -2.31. The van der Waals surface area contributed by atoms with E-state index in [1.54, 1.807) is 26.3 Å². The minimum Gasteiger partial charge on any atom is -0.472 e. The van der Waals surface area contributed by atoms with Crippen LogP contribution in [0, 0.1) is 33.5 Å². The van der Waals surface area contributed by atoms with Crippen LogP contribution in [0.5, 0.6) is 0 Å². The molecule has 0 radical (unpaired) electrons. The van der Waals surface area contributed by atoms with Gasteiger partial charge in [0.2, 0.25) is 5.91 Å². The number of hydrogen-bond acceptors (Lipinski definition) is 7. The van der Waals surface area contributed by atoms with E-state index in [1.165, 1.54) is 4.90 Å². The third-order valence-corrected chi connectivity index (χ3v) is 8.29. The fourth-order valence-corrected chi connectivity index (χ4v) is 5.26. The Bertz CT molecular complexity index is 1200. The van der Waals surface area contributed by atoms with E-state index in [0.29, 0.717) is 55.4 Å². The number of hydrogen-bond donors (Lipinski definition) is 3. The number of nitrogens with one attached hydrogen (secondary N) is 3. The highest BCUT2D eigenvalue weighted by Crippen LogP contribution is 2.37. The van der Waals surface area contributed by atoms with E-state index in [-0.39, 0.29) is 17.2 Å². The number of rotatable bonds is 15. The summed E-state index contributed by atoms with van der Waals surface area (Å²) in [4.78, 5) is 16.4. The van der Waals surface area contributed by atoms with Gasteiger partial charge in [-0.25, -0.2) is 4.39 Å². The number of likely N-dealkylation sites (tertiary alicyclic amines) is 1. The maximum Gasteiger partial charge on any atom is 0.233 e. The van der Waals surface area contributed by atoms with Crippen LogP contribution in [0.25, 0.3) is 0 Å². The van der Waals surface area contributed by atoms with E-state index >= 15 is 0 Å². The molecule has 3 atom stereocenters. The van der Waals surface area contributed by atoms with Crippen molar-refractivity contribution in [1.29, 1.82) is 10.7 Å². The monoisotopic (exact) mass is 596 g/mol. The molecule has 0 aliphatic carbocycles. The highest BCUT2D eigenvalue weighted by Gasteiger charge is 2.41. The van der Waals surface area contributed by atoms with Crippen LogP contribution in [-0.2, 0) is 9.53 Å². The smallest absolute Gasteiger partial charge is 0.233 e. The Kier molecular flexibility index (Phi) is 12.2. The highest BCUT2D eigenvalue weighted by molar-refractivity contribution is 6.08. The Morgan fingerprint density at radius 1 is 1.37 bits per heavy atom. The Morgan fingerprint density at radius 2 is 2.05 bits per heavy atom. The zero-order chi connectivity index (χ0) is 32.6. The molecule has 0 saturated carbocycles. The van der Waals surface area contributed by atoms with Gasteiger partial charge in [0.1, 0.15) is 11.9 Å². The second-order valence-corrected chi connectivity index (χ2v) is 13.4. The first kappa shape index (κ1) is 35.7. The van der Waals surface area contributed by atoms with E-state index < -0.39 is 17.3 Å². The van der Waals surface area contributed by atoms with Gasteiger partial charge >= 0.3 is 0 Å². The van der Waals surface area contributed by atoms with Gasteiger partial charge in [0.25, 0.3) is 0 Å². The van der Waals surface area contributed by atoms with Crippen LogP contribution < -0.4 is 10.6 Å². The van der Waals surface area contributed by atoms with Gasteiger partial charge in [-0.3, -0.25) is 15.1 Å². The number of nitriles is 1. The number of amidine groups is 1. The molecular formula is C34H53FN6O2. The van der Waals surface area contributed by atoms with Crippen molar-refractivity contribution < 1.29 is 13.9 Å². The molecule has 3 N–H and O–H groups in total. The largest absolute Gasteiger partial charge is 0.472 e. The van der Waals surface area contributed by atoms with Gasteiger partial charge in [0, 0.05) is 37.3 Å². The number of alkyl halides is 1. The van der Waals surface area contributed by atoms with Gasteiger partial charge in [-0.1, -0.05) is 72.8 Å². The molecule has 8 nitrogen and oxygen atoms in total. The zero-order valence-electron chi connectivity index (χ0n) is 27.7. The van der Waals surface area contributed by atoms with E-state index in [2.05, 4.69) is 69.2 Å². The Hall–Kier alpha value is -3.54. The molecule has 43 heavy (non-hydrogen) atoms. The lowest BCUT2D eigenvalue weighted by molar-refractivity contribution is -0.131. The third kappa shape index (κ3) is 9.74. The number of amides is 1. The summed E-state index contributed by atoms with van der Waals surface area (Å²) in [6, 6.07) is 2.09. The minimum atomic E-state index is -1.29. The molecule has 2 rings (SSSR count). The van der Waals surface area contributed by atoms with Crippen LogP contribution in [0.3, 0.4) is 0 Å². The molecular weight excluding hydrogens is 543 g/mol. The summed E-state index contributed by atoms with van der Waals surface area (Å²) in [5.74, 6) is 0.245. The Morgan fingerprint density at radius 3 is 2.58 bits per heavy atom. The summed E-state index contributed by atoms with van der Waals surface area (Å²) in [5.41, 5.74) is 0.405. The summed E-state index contributed by atoms with van der Waals surface area (Å²) in [7, 11) is 1.92. The summed E-state index contributed by atoms with van der Waals surface area (Å²) >= 11 is 0. The molecule has 1 amide bonds. The van der Waals surface area contributed by atoms with E-state index in [4.69, 9.17) is 15.4 Å². The SMILES string of the molecule is C=C(N/C(=C/NCCC#N)C(=N)N1CCC(C)(C)C1=O)C1=COC(C(/C=C\C(C)(CC)CC(C)(C)F)=C/C(C)CC)N1C. The summed E-state index contributed by atoms with van der Waals surface area (Å²) in [6.45, 7) is 20.6. The molecule has 1 fully saturated rings. The van der Waals surface area contributed by atoms with Gasteiger partial charge in [-0.2, -0.15) is 5.26 Å². The first-order valence-electron chi connectivity index (χ1n) is 15.3. The van der Waals surface area contributed by atoms with Crippen LogP contribution in [0.1, 0.15) is 87.5 Å². The Balaban J connectivity index is 2.30. The molecule has 0 aromatic heterocycles. The molecule has 0 aromatic carbocycles. The quantitative estimate of drug-likeness (QED) is 0.0824. The van der Waals surface area contributed by atoms with Crippen LogP contribution in [0.2, 0.25) is 0 Å². The van der Waals surface area contributed by atoms with Crippen molar-refractivity contribution in [3.8, 4) is 6.07 Å². The first-order valence-corrected chi connectivity index (χ1v) is 15.3. The van der Waals surface area contributed by atoms with Gasteiger partial charge in [-0.05, 0) is 44.4 Å². The van der Waals surface area contributed by atoms with E-state index in [1.807, 2.05) is 25.8 Å². The number of halogens is 1. The third-order valence-electron chi connectivity index (χ3n) is 8.29. The molecule has 9 heteroatoms. The van der Waals surface area contributed by atoms with Crippen molar-refractivity contribution in [1.82, 2.24) is 20.4 Å². The molecule has 238 valence electrons. The van der Waals surface area contributed by atoms with E-state index in [9.17, 15) is 9.18 Å². The van der Waals surface area contributed by atoms with Gasteiger partial charge in [0.05, 0.1) is 29.6 Å². The van der Waals surface area contributed by atoms with E-state index in [0.717, 1.165) is 18.4 Å². The maximum atomic E-state index is 14.6. The van der Waals surface area contributed by atoms with Crippen molar-refractivity contribution in [2.24, 2.45) is 16.7 Å². The number of allylic oxidation sites excluding steroid dienone is 2. The lowest BCUT2D eigenvalue weighted by atomic mass is 9.78. The van der Waals surface area contributed by atoms with Gasteiger partial charge in [0.15, 0.2) is 12.1 Å². The predicted molar refractivity (Wildman–Crippen MR) is 172 cm³/mol. The highest BCUT2D eigenvalue weighted by atomic mass is 19.1. The first-order chi connectivity index (χ1) is 20.0. The van der Waals surface area contributed by atoms with Crippen molar-refractivity contribution >= 4 is 11.7 Å². The van der Waals surface area contributed by atoms with Gasteiger partial charge in [-0.15, -0.1) is 0 Å². The normalized spacial score (nSPS) is 21.3. The second-order valence-electron chi connectivity index (χ2n) is 13.4. The molecule has 0 bridgehead atoms. The van der Waals surface area contributed by atoms with Crippen LogP contribution >= 0.6 is 0 Å². The molecule has 3 unspecified atom stereocenters. The molecule has 2 aliphatic rings. The van der Waals surface area contributed by atoms with Crippen LogP contribution in [0.15, 0.2) is 59.9 Å². The average Bonchev–Trinajstić information content (AvgIpc) is 3.44. The standard InChI is InChI=1S/C34H53FN6O2/c1-11-24(3)20-26(14-15-34(9,12-2)23-33(7,8)35)30-40(10)28(22-43-30)25(4)39-27(21-38-18-13-17-36)29(37)41-19-16-32(5,6)31(41)42/h14-15,20-22,24,30,37-39H,4,11-13,16,18-19,23H2,1-3,5-10H3/b15-14-,26-20+,27-21+,37-29?. The molecule has 1 saturated heterocycles. The summed E-state index contributed by atoms with van der Waals surface area (Å²) in [6.07, 6.45) is 12.4. The van der Waals surface area contributed by atoms with Crippen molar-refractivity contribution in [3.05, 3.63) is 59.9 Å². The predicted octanol–water partition coefficient (Wildman–Crippen LogP) is 6.88. The molecule has 0 aromatic rings. The topological polar surface area (TPSA) is 104 Å². The van der Waals surface area contributed by atoms with Crippen LogP contribution in [-0.4, -0.2) is 53.6 Å². The second kappa shape index (κ2) is 14.8.